The first-order chi connectivity index (χ1) is 12.7. The van der Waals surface area contributed by atoms with Gasteiger partial charge in [-0.2, -0.15) is 5.26 Å². The molecule has 0 aliphatic carbocycles. The van der Waals surface area contributed by atoms with Crippen molar-refractivity contribution in [3.8, 4) is 17.8 Å². The number of methoxy groups -OCH3 is 1. The van der Waals surface area contributed by atoms with Gasteiger partial charge in [-0.05, 0) is 6.07 Å². The van der Waals surface area contributed by atoms with Crippen molar-refractivity contribution in [2.75, 3.05) is 44.9 Å². The highest BCUT2D eigenvalue weighted by molar-refractivity contribution is 5.43. The molecule has 8 heteroatoms. The van der Waals surface area contributed by atoms with Gasteiger partial charge in [-0.3, -0.25) is 0 Å². The third-order valence-electron chi connectivity index (χ3n) is 5.05. The molecule has 2 aromatic rings. The molecule has 4 rings (SSSR count). The minimum Gasteiger partial charge on any atom is -0.481 e. The predicted octanol–water partition coefficient (Wildman–Crippen LogP) is 1.28. The minimum absolute atomic E-state index is 0.103. The molecular weight excluding hydrogens is 334 g/mol. The van der Waals surface area contributed by atoms with Gasteiger partial charge in [0.25, 0.3) is 0 Å². The SMILES string of the molecule is COc1cc(N2CC3COCC3(COc3ccc(C#N)cn3)C2)ncn1. The van der Waals surface area contributed by atoms with E-state index in [1.54, 1.807) is 19.2 Å². The second-order valence-corrected chi connectivity index (χ2v) is 6.66. The van der Waals surface area contributed by atoms with Crippen LogP contribution in [-0.2, 0) is 4.74 Å². The normalized spacial score (nSPS) is 24.2. The van der Waals surface area contributed by atoms with Gasteiger partial charge in [0.05, 0.1) is 37.9 Å². The maximum atomic E-state index is 8.86. The molecule has 0 N–H and O–H groups in total. The fourth-order valence-corrected chi connectivity index (χ4v) is 3.57. The van der Waals surface area contributed by atoms with Crippen molar-refractivity contribution in [2.45, 2.75) is 0 Å². The first-order valence-corrected chi connectivity index (χ1v) is 8.40. The number of aromatic nitrogens is 3. The lowest BCUT2D eigenvalue weighted by molar-refractivity contribution is 0.108. The summed E-state index contributed by atoms with van der Waals surface area (Å²) in [6.07, 6.45) is 3.03. The van der Waals surface area contributed by atoms with Gasteiger partial charge in [0.15, 0.2) is 0 Å². The highest BCUT2D eigenvalue weighted by Crippen LogP contribution is 2.43. The molecule has 8 nitrogen and oxygen atoms in total. The molecule has 0 aromatic carbocycles. The molecule has 2 saturated heterocycles. The minimum atomic E-state index is -0.103. The van der Waals surface area contributed by atoms with Gasteiger partial charge >= 0.3 is 0 Å². The molecule has 2 aliphatic heterocycles. The highest BCUT2D eigenvalue weighted by atomic mass is 16.5. The van der Waals surface area contributed by atoms with E-state index in [4.69, 9.17) is 19.5 Å². The van der Waals surface area contributed by atoms with E-state index in [0.717, 1.165) is 18.9 Å². The Morgan fingerprint density at radius 1 is 1.35 bits per heavy atom. The first-order valence-electron chi connectivity index (χ1n) is 8.40. The number of nitriles is 1. The van der Waals surface area contributed by atoms with Crippen LogP contribution in [-0.4, -0.2) is 55.0 Å². The summed E-state index contributed by atoms with van der Waals surface area (Å²) in [5, 5.41) is 8.86. The third-order valence-corrected chi connectivity index (χ3v) is 5.05. The lowest BCUT2D eigenvalue weighted by atomic mass is 9.82. The van der Waals surface area contributed by atoms with Crippen LogP contribution in [0, 0.1) is 22.7 Å². The summed E-state index contributed by atoms with van der Waals surface area (Å²) < 4.78 is 16.9. The van der Waals surface area contributed by atoms with E-state index in [-0.39, 0.29) is 5.41 Å². The summed E-state index contributed by atoms with van der Waals surface area (Å²) in [6, 6.07) is 7.33. The van der Waals surface area contributed by atoms with Crippen LogP contribution in [0.25, 0.3) is 0 Å². The van der Waals surface area contributed by atoms with Gasteiger partial charge in [0.1, 0.15) is 18.2 Å². The van der Waals surface area contributed by atoms with Crippen LogP contribution in [0.3, 0.4) is 0 Å². The molecule has 0 bridgehead atoms. The van der Waals surface area contributed by atoms with Crippen LogP contribution in [0.1, 0.15) is 5.56 Å². The quantitative estimate of drug-likeness (QED) is 0.794. The molecule has 0 spiro atoms. The lowest BCUT2D eigenvalue weighted by Crippen LogP contribution is -2.37. The van der Waals surface area contributed by atoms with Crippen molar-refractivity contribution in [1.82, 2.24) is 15.0 Å². The summed E-state index contributed by atoms with van der Waals surface area (Å²) in [7, 11) is 1.60. The van der Waals surface area contributed by atoms with Crippen molar-refractivity contribution in [2.24, 2.45) is 11.3 Å². The van der Waals surface area contributed by atoms with Crippen LogP contribution < -0.4 is 14.4 Å². The number of rotatable bonds is 5. The van der Waals surface area contributed by atoms with Gasteiger partial charge in [-0.1, -0.05) is 0 Å². The summed E-state index contributed by atoms with van der Waals surface area (Å²) >= 11 is 0. The molecule has 2 unspecified atom stereocenters. The monoisotopic (exact) mass is 353 g/mol. The Morgan fingerprint density at radius 3 is 3.04 bits per heavy atom. The predicted molar refractivity (Wildman–Crippen MR) is 92.0 cm³/mol. The second-order valence-electron chi connectivity index (χ2n) is 6.66. The Balaban J connectivity index is 1.48. The number of nitrogens with zero attached hydrogens (tertiary/aromatic N) is 5. The van der Waals surface area contributed by atoms with Crippen LogP contribution >= 0.6 is 0 Å². The van der Waals surface area contributed by atoms with Gasteiger partial charge < -0.3 is 19.1 Å². The third kappa shape index (κ3) is 3.02. The van der Waals surface area contributed by atoms with Crippen molar-refractivity contribution in [1.29, 1.82) is 5.26 Å². The number of hydrogen-bond donors (Lipinski definition) is 0. The van der Waals surface area contributed by atoms with Crippen LogP contribution in [0.15, 0.2) is 30.7 Å². The molecule has 2 aliphatic rings. The Hall–Kier alpha value is -2.92. The summed E-state index contributed by atoms with van der Waals surface area (Å²) in [5.41, 5.74) is 0.413. The van der Waals surface area contributed by atoms with E-state index in [1.165, 1.54) is 12.5 Å². The lowest BCUT2D eigenvalue weighted by Gasteiger charge is -2.27. The molecule has 134 valence electrons. The number of pyridine rings is 1. The van der Waals surface area contributed by atoms with Gasteiger partial charge in [-0.15, -0.1) is 0 Å². The number of ether oxygens (including phenoxy) is 3. The first kappa shape index (κ1) is 16.5. The van der Waals surface area contributed by atoms with Crippen LogP contribution in [0.5, 0.6) is 11.8 Å². The van der Waals surface area contributed by atoms with Crippen molar-refractivity contribution >= 4 is 5.82 Å². The number of fused-ring (bicyclic) bond motifs is 1. The molecule has 26 heavy (non-hydrogen) atoms. The molecule has 2 aromatic heterocycles. The summed E-state index contributed by atoms with van der Waals surface area (Å²) in [5.74, 6) is 2.28. The molecule has 0 amide bonds. The van der Waals surface area contributed by atoms with E-state index in [0.29, 0.717) is 43.1 Å². The van der Waals surface area contributed by atoms with E-state index < -0.39 is 0 Å². The smallest absolute Gasteiger partial charge is 0.218 e. The zero-order valence-electron chi connectivity index (χ0n) is 14.5. The average molecular weight is 353 g/mol. The van der Waals surface area contributed by atoms with Gasteiger partial charge in [0, 0.05) is 37.3 Å². The number of anilines is 1. The van der Waals surface area contributed by atoms with Crippen molar-refractivity contribution < 1.29 is 14.2 Å². The maximum Gasteiger partial charge on any atom is 0.218 e. The van der Waals surface area contributed by atoms with Crippen molar-refractivity contribution in [3.63, 3.8) is 0 Å². The van der Waals surface area contributed by atoms with Gasteiger partial charge in [0.2, 0.25) is 11.8 Å². The van der Waals surface area contributed by atoms with E-state index in [1.807, 2.05) is 6.07 Å². The molecule has 2 fully saturated rings. The van der Waals surface area contributed by atoms with Crippen molar-refractivity contribution in [3.05, 3.63) is 36.3 Å². The van der Waals surface area contributed by atoms with E-state index in [9.17, 15) is 0 Å². The maximum absolute atomic E-state index is 8.86. The van der Waals surface area contributed by atoms with Gasteiger partial charge in [-0.25, -0.2) is 15.0 Å². The Morgan fingerprint density at radius 2 is 2.27 bits per heavy atom. The second kappa shape index (κ2) is 6.77. The highest BCUT2D eigenvalue weighted by Gasteiger charge is 2.51. The van der Waals surface area contributed by atoms with Crippen LogP contribution in [0.2, 0.25) is 0 Å². The van der Waals surface area contributed by atoms with E-state index in [2.05, 4.69) is 25.9 Å². The summed E-state index contributed by atoms with van der Waals surface area (Å²) in [4.78, 5) is 14.9. The zero-order chi connectivity index (χ0) is 18.0. The molecule has 4 heterocycles. The fraction of sp³-hybridized carbons (Fsp3) is 0.444. The Labute approximate surface area is 151 Å². The Kier molecular flexibility index (Phi) is 4.31. The molecule has 2 atom stereocenters. The largest absolute Gasteiger partial charge is 0.481 e. The fourth-order valence-electron chi connectivity index (χ4n) is 3.57. The topological polar surface area (TPSA) is 93.4 Å². The molecular formula is C18H19N5O3. The zero-order valence-corrected chi connectivity index (χ0v) is 14.5. The Bertz CT molecular complexity index is 822. The summed E-state index contributed by atoms with van der Waals surface area (Å²) in [6.45, 7) is 3.50. The average Bonchev–Trinajstić information content (AvgIpc) is 3.24. The number of hydrogen-bond acceptors (Lipinski definition) is 8. The van der Waals surface area contributed by atoms with Crippen LogP contribution in [0.4, 0.5) is 5.82 Å². The van der Waals surface area contributed by atoms with E-state index >= 15 is 0 Å². The standard InChI is InChI=1S/C18H19N5O3/c1-24-17-4-15(21-12-22-17)23-7-14-8-25-10-18(14,9-23)11-26-16-3-2-13(5-19)6-20-16/h2-4,6,12,14H,7-11H2,1H3. The molecule has 0 saturated carbocycles. The molecule has 0 radical (unpaired) electrons.